The summed E-state index contributed by atoms with van der Waals surface area (Å²) < 4.78 is 40.5. The number of unbranched alkanes of at least 4 members (excludes halogenated alkanes) is 1. The van der Waals surface area contributed by atoms with E-state index in [1.807, 2.05) is 44.2 Å². The molecule has 0 bridgehead atoms. The number of hydrogen-bond donors (Lipinski definition) is 1. The van der Waals surface area contributed by atoms with Gasteiger partial charge in [0.25, 0.3) is 10.0 Å². The van der Waals surface area contributed by atoms with Crippen molar-refractivity contribution < 1.29 is 27.5 Å². The average molecular weight is 692 g/mol. The first-order valence-electron chi connectivity index (χ1n) is 15.7. The van der Waals surface area contributed by atoms with Crippen LogP contribution in [0.1, 0.15) is 36.5 Å². The molecule has 48 heavy (non-hydrogen) atoms. The van der Waals surface area contributed by atoms with E-state index < -0.39 is 28.5 Å². The topological polar surface area (TPSA) is 105 Å². The molecule has 0 aliphatic heterocycles. The summed E-state index contributed by atoms with van der Waals surface area (Å²) in [6.45, 7) is 3.69. The predicted molar refractivity (Wildman–Crippen MR) is 189 cm³/mol. The Morgan fingerprint density at radius 1 is 0.875 bits per heavy atom. The minimum absolute atomic E-state index is 0.00600. The number of benzene rings is 4. The van der Waals surface area contributed by atoms with Crippen LogP contribution in [0.4, 0.5) is 5.69 Å². The van der Waals surface area contributed by atoms with Crippen molar-refractivity contribution in [1.29, 1.82) is 0 Å². The molecule has 0 aliphatic rings. The Bertz CT molecular complexity index is 1780. The highest BCUT2D eigenvalue weighted by atomic mass is 35.5. The van der Waals surface area contributed by atoms with E-state index in [9.17, 15) is 18.0 Å². The number of aryl methyl sites for hydroxylation is 1. The zero-order chi connectivity index (χ0) is 34.7. The van der Waals surface area contributed by atoms with Crippen LogP contribution in [-0.4, -0.2) is 58.5 Å². The van der Waals surface area contributed by atoms with Crippen LogP contribution in [0.25, 0.3) is 0 Å². The molecule has 2 amide bonds. The van der Waals surface area contributed by atoms with Gasteiger partial charge in [-0.25, -0.2) is 8.42 Å². The second-order valence-electron chi connectivity index (χ2n) is 11.3. The Morgan fingerprint density at radius 3 is 2.19 bits per heavy atom. The molecular weight excluding hydrogens is 650 g/mol. The number of rotatable bonds is 16. The van der Waals surface area contributed by atoms with Crippen molar-refractivity contribution in [3.63, 3.8) is 0 Å². The Balaban J connectivity index is 1.84. The Labute approximate surface area is 288 Å². The summed E-state index contributed by atoms with van der Waals surface area (Å²) in [5.74, 6) is -0.247. The van der Waals surface area contributed by atoms with Gasteiger partial charge in [0, 0.05) is 30.6 Å². The lowest BCUT2D eigenvalue weighted by Gasteiger charge is -2.34. The van der Waals surface area contributed by atoms with Gasteiger partial charge >= 0.3 is 0 Å². The standard InChI is InChI=1S/C37H42ClN3O6S/c1-5-6-22-39-37(43)33(23-28-12-8-7-9-13-28)40(25-29-14-10-11-15-32(29)38)36(42)26-41(30-18-21-34(46-3)35(24-30)47-4)48(44,45)31-19-16-27(2)17-20-31/h7-21,24,33H,5-6,22-23,25-26H2,1-4H3,(H,39,43)/t33-/m0/s1. The molecule has 0 saturated heterocycles. The van der Waals surface area contributed by atoms with Gasteiger partial charge in [-0.15, -0.1) is 0 Å². The molecule has 0 unspecified atom stereocenters. The highest BCUT2D eigenvalue weighted by molar-refractivity contribution is 7.92. The number of sulfonamides is 1. The summed E-state index contributed by atoms with van der Waals surface area (Å²) >= 11 is 6.58. The van der Waals surface area contributed by atoms with E-state index in [4.69, 9.17) is 21.1 Å². The van der Waals surface area contributed by atoms with E-state index in [-0.39, 0.29) is 35.2 Å². The summed E-state index contributed by atoms with van der Waals surface area (Å²) in [6.07, 6.45) is 1.85. The van der Waals surface area contributed by atoms with Crippen LogP contribution in [0.3, 0.4) is 0 Å². The zero-order valence-electron chi connectivity index (χ0n) is 27.7. The lowest BCUT2D eigenvalue weighted by molar-refractivity contribution is -0.140. The predicted octanol–water partition coefficient (Wildman–Crippen LogP) is 6.42. The number of hydrogen-bond acceptors (Lipinski definition) is 6. The number of amides is 2. The fourth-order valence-corrected chi connectivity index (χ4v) is 6.82. The van der Waals surface area contributed by atoms with Crippen LogP contribution in [0, 0.1) is 6.92 Å². The van der Waals surface area contributed by atoms with Crippen LogP contribution in [0.5, 0.6) is 11.5 Å². The molecule has 1 atom stereocenters. The van der Waals surface area contributed by atoms with E-state index in [0.29, 0.717) is 22.9 Å². The molecule has 0 spiro atoms. The molecule has 0 radical (unpaired) electrons. The molecule has 254 valence electrons. The van der Waals surface area contributed by atoms with Crippen molar-refractivity contribution in [3.8, 4) is 11.5 Å². The highest BCUT2D eigenvalue weighted by Crippen LogP contribution is 2.34. The number of nitrogens with zero attached hydrogens (tertiary/aromatic N) is 2. The Morgan fingerprint density at radius 2 is 1.54 bits per heavy atom. The van der Waals surface area contributed by atoms with Crippen LogP contribution in [0.15, 0.2) is 102 Å². The third-order valence-electron chi connectivity index (χ3n) is 7.94. The highest BCUT2D eigenvalue weighted by Gasteiger charge is 2.35. The molecule has 0 fully saturated rings. The smallest absolute Gasteiger partial charge is 0.264 e. The summed E-state index contributed by atoms with van der Waals surface area (Å²) in [4.78, 5) is 30.0. The maximum atomic E-state index is 14.7. The molecule has 9 nitrogen and oxygen atoms in total. The van der Waals surface area contributed by atoms with E-state index >= 15 is 0 Å². The molecular formula is C37H42ClN3O6S. The minimum atomic E-state index is -4.28. The van der Waals surface area contributed by atoms with Gasteiger partial charge in [-0.1, -0.05) is 91.2 Å². The molecule has 0 aromatic heterocycles. The summed E-state index contributed by atoms with van der Waals surface area (Å²) in [7, 11) is -1.36. The van der Waals surface area contributed by atoms with Crippen LogP contribution < -0.4 is 19.1 Å². The average Bonchev–Trinajstić information content (AvgIpc) is 3.09. The number of halogens is 1. The first-order chi connectivity index (χ1) is 23.1. The van der Waals surface area contributed by atoms with Crippen molar-refractivity contribution in [2.24, 2.45) is 0 Å². The first kappa shape index (κ1) is 36.3. The maximum absolute atomic E-state index is 14.7. The number of nitrogens with one attached hydrogen (secondary N) is 1. The maximum Gasteiger partial charge on any atom is 0.264 e. The zero-order valence-corrected chi connectivity index (χ0v) is 29.3. The molecule has 4 aromatic rings. The van der Waals surface area contributed by atoms with Gasteiger partial charge in [0.1, 0.15) is 12.6 Å². The van der Waals surface area contributed by atoms with Crippen LogP contribution in [-0.2, 0) is 32.6 Å². The minimum Gasteiger partial charge on any atom is -0.493 e. The van der Waals surface area contributed by atoms with Crippen molar-refractivity contribution in [2.75, 3.05) is 31.6 Å². The van der Waals surface area contributed by atoms with Gasteiger partial charge in [-0.2, -0.15) is 0 Å². The third kappa shape index (κ3) is 9.08. The Kier molecular flexibility index (Phi) is 12.9. The van der Waals surface area contributed by atoms with E-state index in [2.05, 4.69) is 5.32 Å². The van der Waals surface area contributed by atoms with E-state index in [0.717, 1.165) is 28.3 Å². The third-order valence-corrected chi connectivity index (χ3v) is 10.1. The van der Waals surface area contributed by atoms with Crippen LogP contribution >= 0.6 is 11.6 Å². The Hall–Kier alpha value is -4.54. The van der Waals surface area contributed by atoms with E-state index in [1.165, 1.54) is 37.3 Å². The van der Waals surface area contributed by atoms with Gasteiger partial charge in [0.05, 0.1) is 24.8 Å². The SMILES string of the molecule is CCCCNC(=O)[C@H](Cc1ccccc1)N(Cc1ccccc1Cl)C(=O)CN(c1ccc(OC)c(OC)c1)S(=O)(=O)c1ccc(C)cc1. The van der Waals surface area contributed by atoms with Gasteiger partial charge < -0.3 is 19.7 Å². The molecule has 0 saturated carbocycles. The first-order valence-corrected chi connectivity index (χ1v) is 17.6. The number of methoxy groups -OCH3 is 2. The summed E-state index contributed by atoms with van der Waals surface area (Å²) in [5.41, 5.74) is 2.53. The molecule has 1 N–H and O–H groups in total. The summed E-state index contributed by atoms with van der Waals surface area (Å²) in [5, 5.41) is 3.41. The molecule has 0 aliphatic carbocycles. The number of carbonyl (C=O) groups is 2. The normalized spacial score (nSPS) is 11.8. The van der Waals surface area contributed by atoms with Crippen molar-refractivity contribution in [2.45, 2.75) is 50.6 Å². The number of anilines is 1. The van der Waals surface area contributed by atoms with E-state index in [1.54, 1.807) is 48.5 Å². The van der Waals surface area contributed by atoms with Gasteiger partial charge in [-0.05, 0) is 54.8 Å². The quantitative estimate of drug-likeness (QED) is 0.136. The van der Waals surface area contributed by atoms with Crippen LogP contribution in [0.2, 0.25) is 5.02 Å². The number of ether oxygens (including phenoxy) is 2. The lowest BCUT2D eigenvalue weighted by Crippen LogP contribution is -2.53. The monoisotopic (exact) mass is 691 g/mol. The van der Waals surface area contributed by atoms with Crippen molar-refractivity contribution in [1.82, 2.24) is 10.2 Å². The van der Waals surface area contributed by atoms with Crippen molar-refractivity contribution >= 4 is 39.1 Å². The molecule has 0 heterocycles. The van der Waals surface area contributed by atoms with Gasteiger partial charge in [-0.3, -0.25) is 13.9 Å². The van der Waals surface area contributed by atoms with Gasteiger partial charge in [0.15, 0.2) is 11.5 Å². The summed E-state index contributed by atoms with van der Waals surface area (Å²) in [6, 6.07) is 26.6. The number of carbonyl (C=O) groups excluding carboxylic acids is 2. The second kappa shape index (κ2) is 17.0. The lowest BCUT2D eigenvalue weighted by atomic mass is 10.0. The van der Waals surface area contributed by atoms with Gasteiger partial charge in [0.2, 0.25) is 11.8 Å². The second-order valence-corrected chi connectivity index (χ2v) is 13.6. The fraction of sp³-hybridized carbons (Fsp3) is 0.297. The molecule has 4 rings (SSSR count). The molecule has 4 aromatic carbocycles. The fourth-order valence-electron chi connectivity index (χ4n) is 5.22. The van der Waals surface area contributed by atoms with Crippen molar-refractivity contribution in [3.05, 3.63) is 119 Å². The molecule has 11 heteroatoms. The largest absolute Gasteiger partial charge is 0.493 e.